The molecule has 25 heavy (non-hydrogen) atoms. The molecule has 0 saturated carbocycles. The second-order valence-electron chi connectivity index (χ2n) is 5.72. The van der Waals surface area contributed by atoms with E-state index in [1.54, 1.807) is 0 Å². The highest BCUT2D eigenvalue weighted by atomic mass is 16.5. The number of nitrogens with one attached hydrogen (secondary N) is 1. The van der Waals surface area contributed by atoms with Gasteiger partial charge >= 0.3 is 5.97 Å². The summed E-state index contributed by atoms with van der Waals surface area (Å²) in [6, 6.07) is 3.16. The van der Waals surface area contributed by atoms with Gasteiger partial charge in [0.05, 0.1) is 11.1 Å². The van der Waals surface area contributed by atoms with E-state index < -0.39 is 41.7 Å². The third-order valence-corrected chi connectivity index (χ3v) is 4.08. The molecule has 9 nitrogen and oxygen atoms in total. The van der Waals surface area contributed by atoms with Crippen LogP contribution in [0.1, 0.15) is 40.5 Å². The topological polar surface area (TPSA) is 130 Å². The molecular weight excluding hydrogens is 332 g/mol. The van der Waals surface area contributed by atoms with Crippen LogP contribution in [0.15, 0.2) is 18.2 Å². The molecule has 0 radical (unpaired) electrons. The molecule has 0 aliphatic carbocycles. The highest BCUT2D eigenvalue weighted by Crippen LogP contribution is 2.34. The fourth-order valence-electron chi connectivity index (χ4n) is 2.82. The van der Waals surface area contributed by atoms with E-state index in [1.165, 1.54) is 25.1 Å². The molecule has 9 heteroatoms. The van der Waals surface area contributed by atoms with Gasteiger partial charge in [-0.2, -0.15) is 0 Å². The van der Waals surface area contributed by atoms with Crippen LogP contribution in [0, 0.1) is 0 Å². The van der Waals surface area contributed by atoms with E-state index in [0.717, 1.165) is 4.90 Å². The number of carbonyl (C=O) groups is 5. The number of carboxylic acids is 1. The van der Waals surface area contributed by atoms with Crippen molar-refractivity contribution in [3.8, 4) is 5.75 Å². The zero-order valence-corrected chi connectivity index (χ0v) is 13.1. The number of hydrogen-bond acceptors (Lipinski definition) is 6. The molecule has 0 spiro atoms. The van der Waals surface area contributed by atoms with Crippen molar-refractivity contribution in [2.75, 3.05) is 0 Å². The van der Waals surface area contributed by atoms with Crippen molar-refractivity contribution in [1.82, 2.24) is 10.2 Å². The van der Waals surface area contributed by atoms with Gasteiger partial charge in [-0.05, 0) is 25.5 Å². The molecule has 1 aromatic rings. The molecule has 2 N–H and O–H groups in total. The van der Waals surface area contributed by atoms with Gasteiger partial charge in [-0.3, -0.25) is 29.4 Å². The second-order valence-corrected chi connectivity index (χ2v) is 5.72. The number of imide groups is 2. The van der Waals surface area contributed by atoms with Gasteiger partial charge in [-0.25, -0.2) is 4.79 Å². The van der Waals surface area contributed by atoms with Crippen molar-refractivity contribution < 1.29 is 33.8 Å². The molecule has 3 rings (SSSR count). The highest BCUT2D eigenvalue weighted by Gasteiger charge is 2.46. The zero-order chi connectivity index (χ0) is 18.3. The Kier molecular flexibility index (Phi) is 3.99. The number of amides is 4. The number of hydrogen-bond donors (Lipinski definition) is 2. The van der Waals surface area contributed by atoms with Crippen LogP contribution in [-0.2, 0) is 14.4 Å². The van der Waals surface area contributed by atoms with E-state index in [4.69, 9.17) is 9.84 Å². The predicted octanol–water partition coefficient (Wildman–Crippen LogP) is -0.0603. The van der Waals surface area contributed by atoms with Gasteiger partial charge in [0.1, 0.15) is 11.8 Å². The standard InChI is InChI=1S/C16H14N2O7/c1-7(16(23)24)25-10-4-2-3-8-12(10)15(22)18(14(8)21)9-5-6-11(19)17-13(9)20/h2-4,7,9H,5-6H2,1H3,(H,23,24)(H,17,19,20)/t7-,9-/m1/s1. The summed E-state index contributed by atoms with van der Waals surface area (Å²) in [7, 11) is 0. The lowest BCUT2D eigenvalue weighted by Crippen LogP contribution is -2.54. The average molecular weight is 346 g/mol. The fourth-order valence-corrected chi connectivity index (χ4v) is 2.82. The molecule has 0 aromatic heterocycles. The molecule has 1 saturated heterocycles. The first-order valence-electron chi connectivity index (χ1n) is 7.55. The first-order valence-corrected chi connectivity index (χ1v) is 7.55. The average Bonchev–Trinajstić information content (AvgIpc) is 2.80. The number of piperidine rings is 1. The number of rotatable bonds is 4. The van der Waals surface area contributed by atoms with Gasteiger partial charge in [0, 0.05) is 6.42 Å². The Balaban J connectivity index is 1.95. The number of carboxylic acid groups (broad SMARTS) is 1. The summed E-state index contributed by atoms with van der Waals surface area (Å²) in [5.74, 6) is -3.87. The minimum atomic E-state index is -1.23. The Hall–Kier alpha value is -3.23. The fraction of sp³-hybridized carbons (Fsp3) is 0.312. The minimum Gasteiger partial charge on any atom is -0.479 e. The second kappa shape index (κ2) is 6.00. The van der Waals surface area contributed by atoms with Crippen LogP contribution in [0.3, 0.4) is 0 Å². The largest absolute Gasteiger partial charge is 0.479 e. The summed E-state index contributed by atoms with van der Waals surface area (Å²) in [6.45, 7) is 1.29. The number of carbonyl (C=O) groups excluding carboxylic acids is 4. The lowest BCUT2D eigenvalue weighted by molar-refractivity contribution is -0.144. The highest BCUT2D eigenvalue weighted by molar-refractivity contribution is 6.24. The van der Waals surface area contributed by atoms with E-state index in [9.17, 15) is 24.0 Å². The Morgan fingerprint density at radius 3 is 2.64 bits per heavy atom. The van der Waals surface area contributed by atoms with Crippen molar-refractivity contribution in [3.05, 3.63) is 29.3 Å². The van der Waals surface area contributed by atoms with Gasteiger partial charge < -0.3 is 9.84 Å². The predicted molar refractivity (Wildman–Crippen MR) is 80.8 cm³/mol. The van der Waals surface area contributed by atoms with Gasteiger partial charge in [0.2, 0.25) is 11.8 Å². The zero-order valence-electron chi connectivity index (χ0n) is 13.1. The van der Waals surface area contributed by atoms with Crippen molar-refractivity contribution in [1.29, 1.82) is 0 Å². The summed E-state index contributed by atoms with van der Waals surface area (Å²) in [5, 5.41) is 11.1. The first kappa shape index (κ1) is 16.6. The molecule has 1 aromatic carbocycles. The van der Waals surface area contributed by atoms with Crippen molar-refractivity contribution >= 4 is 29.6 Å². The molecule has 2 atom stereocenters. The quantitative estimate of drug-likeness (QED) is 0.730. The normalized spacial score (nSPS) is 21.0. The van der Waals surface area contributed by atoms with Crippen molar-refractivity contribution in [3.63, 3.8) is 0 Å². The molecular formula is C16H14N2O7. The molecule has 130 valence electrons. The van der Waals surface area contributed by atoms with Gasteiger partial charge in [0.25, 0.3) is 11.8 Å². The maximum absolute atomic E-state index is 12.7. The Bertz CT molecular complexity index is 817. The van der Waals surface area contributed by atoms with Crippen molar-refractivity contribution in [2.45, 2.75) is 31.9 Å². The summed E-state index contributed by atoms with van der Waals surface area (Å²) in [5.41, 5.74) is -0.0462. The monoisotopic (exact) mass is 346 g/mol. The van der Waals surface area contributed by atoms with E-state index in [0.29, 0.717) is 0 Å². The third kappa shape index (κ3) is 2.73. The number of fused-ring (bicyclic) bond motifs is 1. The molecule has 4 amide bonds. The van der Waals surface area contributed by atoms with Crippen LogP contribution in [0.25, 0.3) is 0 Å². The number of ether oxygens (including phenoxy) is 1. The summed E-state index contributed by atoms with van der Waals surface area (Å²) >= 11 is 0. The molecule has 2 aliphatic rings. The summed E-state index contributed by atoms with van der Waals surface area (Å²) in [4.78, 5) is 60.3. The summed E-state index contributed by atoms with van der Waals surface area (Å²) in [6.07, 6.45) is -1.17. The number of aliphatic carboxylic acids is 1. The van der Waals surface area contributed by atoms with E-state index in [2.05, 4.69) is 5.32 Å². The SMILES string of the molecule is C[C@@H](Oc1cccc2c1C(=O)N([C@@H]1CCC(=O)NC1=O)C2=O)C(=O)O. The van der Waals surface area contributed by atoms with Crippen LogP contribution < -0.4 is 10.1 Å². The molecule has 0 unspecified atom stereocenters. The minimum absolute atomic E-state index is 0.0171. The van der Waals surface area contributed by atoms with E-state index in [-0.39, 0.29) is 29.7 Å². The number of benzene rings is 1. The maximum Gasteiger partial charge on any atom is 0.344 e. The van der Waals surface area contributed by atoms with Crippen LogP contribution >= 0.6 is 0 Å². The van der Waals surface area contributed by atoms with Crippen LogP contribution in [0.5, 0.6) is 5.75 Å². The van der Waals surface area contributed by atoms with Crippen LogP contribution in [-0.4, -0.2) is 51.8 Å². The Labute approximate surface area is 141 Å². The van der Waals surface area contributed by atoms with Gasteiger partial charge in [0.15, 0.2) is 6.10 Å². The van der Waals surface area contributed by atoms with Crippen molar-refractivity contribution in [2.24, 2.45) is 0 Å². The lowest BCUT2D eigenvalue weighted by atomic mass is 10.0. The smallest absolute Gasteiger partial charge is 0.344 e. The Morgan fingerprint density at radius 1 is 1.28 bits per heavy atom. The van der Waals surface area contributed by atoms with Crippen LogP contribution in [0.4, 0.5) is 0 Å². The van der Waals surface area contributed by atoms with Gasteiger partial charge in [-0.1, -0.05) is 6.07 Å². The number of nitrogens with zero attached hydrogens (tertiary/aromatic N) is 1. The lowest BCUT2D eigenvalue weighted by Gasteiger charge is -2.27. The van der Waals surface area contributed by atoms with Crippen LogP contribution in [0.2, 0.25) is 0 Å². The molecule has 1 fully saturated rings. The maximum atomic E-state index is 12.7. The third-order valence-electron chi connectivity index (χ3n) is 4.08. The summed E-state index contributed by atoms with van der Waals surface area (Å²) < 4.78 is 5.26. The molecule has 2 heterocycles. The molecule has 2 aliphatic heterocycles. The van der Waals surface area contributed by atoms with E-state index in [1.807, 2.05) is 0 Å². The van der Waals surface area contributed by atoms with E-state index >= 15 is 0 Å². The Morgan fingerprint density at radius 2 is 2.00 bits per heavy atom. The molecule has 0 bridgehead atoms. The van der Waals surface area contributed by atoms with Gasteiger partial charge in [-0.15, -0.1) is 0 Å². The first-order chi connectivity index (χ1) is 11.8.